The van der Waals surface area contributed by atoms with Crippen molar-refractivity contribution in [2.24, 2.45) is 0 Å². The zero-order valence-corrected chi connectivity index (χ0v) is 12.8. The van der Waals surface area contributed by atoms with E-state index in [1.165, 1.54) is 28.6 Å². The van der Waals surface area contributed by atoms with Crippen molar-refractivity contribution in [3.05, 3.63) is 35.1 Å². The number of thioether (sulfide) groups is 1. The largest absolute Gasteiger partial charge is 0.462 e. The number of aromatic nitrogens is 2. The lowest BCUT2D eigenvalue weighted by atomic mass is 10.2. The first-order valence-electron chi connectivity index (χ1n) is 6.35. The van der Waals surface area contributed by atoms with Crippen molar-refractivity contribution in [2.45, 2.75) is 18.9 Å². The molecule has 0 spiro atoms. The molecule has 1 aromatic carbocycles. The summed E-state index contributed by atoms with van der Waals surface area (Å²) in [5.41, 5.74) is 7.58. The molecule has 0 unspecified atom stereocenters. The first-order chi connectivity index (χ1) is 9.99. The van der Waals surface area contributed by atoms with Crippen LogP contribution in [-0.4, -0.2) is 28.6 Å². The van der Waals surface area contributed by atoms with Crippen LogP contribution in [0.15, 0.2) is 23.2 Å². The molecule has 2 aromatic rings. The molecule has 2 N–H and O–H groups in total. The average Bonchev–Trinajstić information content (AvgIpc) is 2.76. The topological polar surface area (TPSA) is 70.1 Å². The SMILES string of the molecule is CCOC(=O)c1c(SC)nn(-c2ccc(F)cc2C)c1N. The molecule has 0 saturated heterocycles. The van der Waals surface area contributed by atoms with Gasteiger partial charge in [0.15, 0.2) is 0 Å². The molecule has 2 rings (SSSR count). The summed E-state index contributed by atoms with van der Waals surface area (Å²) in [6, 6.07) is 4.29. The number of carbonyl (C=O) groups is 1. The molecular formula is C14H16FN3O2S. The van der Waals surface area contributed by atoms with Crippen molar-refractivity contribution < 1.29 is 13.9 Å². The van der Waals surface area contributed by atoms with E-state index >= 15 is 0 Å². The van der Waals surface area contributed by atoms with Gasteiger partial charge in [-0.05, 0) is 43.9 Å². The predicted molar refractivity (Wildman–Crippen MR) is 80.4 cm³/mol. The van der Waals surface area contributed by atoms with Crippen LogP contribution in [0.2, 0.25) is 0 Å². The highest BCUT2D eigenvalue weighted by atomic mass is 32.2. The van der Waals surface area contributed by atoms with Gasteiger partial charge in [0.1, 0.15) is 22.2 Å². The monoisotopic (exact) mass is 309 g/mol. The Bertz CT molecular complexity index is 685. The third kappa shape index (κ3) is 2.87. The third-order valence-electron chi connectivity index (χ3n) is 2.95. The lowest BCUT2D eigenvalue weighted by Crippen LogP contribution is -2.10. The van der Waals surface area contributed by atoms with Gasteiger partial charge < -0.3 is 10.5 Å². The molecule has 0 aliphatic carbocycles. The Morgan fingerprint density at radius 2 is 2.24 bits per heavy atom. The van der Waals surface area contributed by atoms with Gasteiger partial charge in [0.2, 0.25) is 0 Å². The standard InChI is InChI=1S/C14H16FN3O2S/c1-4-20-14(19)11-12(16)18(17-13(11)21-3)10-6-5-9(15)7-8(10)2/h5-7H,4,16H2,1-3H3. The van der Waals surface area contributed by atoms with Crippen LogP contribution in [0.4, 0.5) is 10.2 Å². The Hall–Kier alpha value is -2.02. The Morgan fingerprint density at radius 1 is 1.52 bits per heavy atom. The molecular weight excluding hydrogens is 293 g/mol. The third-order valence-corrected chi connectivity index (χ3v) is 3.62. The van der Waals surface area contributed by atoms with Crippen LogP contribution in [0.1, 0.15) is 22.8 Å². The van der Waals surface area contributed by atoms with E-state index < -0.39 is 5.97 Å². The number of benzene rings is 1. The minimum atomic E-state index is -0.509. The first kappa shape index (κ1) is 15.4. The molecule has 0 amide bonds. The summed E-state index contributed by atoms with van der Waals surface area (Å²) in [4.78, 5) is 12.0. The lowest BCUT2D eigenvalue weighted by Gasteiger charge is -2.08. The first-order valence-corrected chi connectivity index (χ1v) is 7.58. The van der Waals surface area contributed by atoms with Gasteiger partial charge in [-0.25, -0.2) is 13.9 Å². The summed E-state index contributed by atoms with van der Waals surface area (Å²) in [6.07, 6.45) is 1.80. The van der Waals surface area contributed by atoms with Crippen molar-refractivity contribution in [3.63, 3.8) is 0 Å². The molecule has 0 aliphatic heterocycles. The zero-order chi connectivity index (χ0) is 15.6. The summed E-state index contributed by atoms with van der Waals surface area (Å²) in [5.74, 6) is -0.657. The van der Waals surface area contributed by atoms with Crippen LogP contribution in [0, 0.1) is 12.7 Å². The number of nitrogens with zero attached hydrogens (tertiary/aromatic N) is 2. The second-order valence-corrected chi connectivity index (χ2v) is 5.13. The maximum atomic E-state index is 13.2. The number of halogens is 1. The molecule has 21 heavy (non-hydrogen) atoms. The minimum Gasteiger partial charge on any atom is -0.462 e. The number of carbonyl (C=O) groups excluding carboxylic acids is 1. The fourth-order valence-corrected chi connectivity index (χ4v) is 2.54. The molecule has 0 fully saturated rings. The number of hydrogen-bond acceptors (Lipinski definition) is 5. The Morgan fingerprint density at radius 3 is 2.81 bits per heavy atom. The number of esters is 1. The number of hydrogen-bond donors (Lipinski definition) is 1. The van der Waals surface area contributed by atoms with Gasteiger partial charge >= 0.3 is 5.97 Å². The second-order valence-electron chi connectivity index (χ2n) is 4.33. The Labute approximate surface area is 126 Å². The van der Waals surface area contributed by atoms with Crippen LogP contribution >= 0.6 is 11.8 Å². The van der Waals surface area contributed by atoms with Crippen molar-refractivity contribution in [1.29, 1.82) is 0 Å². The van der Waals surface area contributed by atoms with Gasteiger partial charge in [-0.2, -0.15) is 5.10 Å². The smallest absolute Gasteiger partial charge is 0.344 e. The van der Waals surface area contributed by atoms with Gasteiger partial charge in [-0.1, -0.05) is 0 Å². The number of anilines is 1. The summed E-state index contributed by atoms with van der Waals surface area (Å²) < 4.78 is 19.6. The molecule has 0 aliphatic rings. The Kier molecular flexibility index (Phi) is 4.52. The fraction of sp³-hybridized carbons (Fsp3) is 0.286. The van der Waals surface area contributed by atoms with Crippen LogP contribution in [0.3, 0.4) is 0 Å². The molecule has 112 valence electrons. The molecule has 7 heteroatoms. The van der Waals surface area contributed by atoms with E-state index in [2.05, 4.69) is 5.10 Å². The average molecular weight is 309 g/mol. The molecule has 1 aromatic heterocycles. The number of aryl methyl sites for hydroxylation is 1. The van der Waals surface area contributed by atoms with Crippen molar-refractivity contribution in [1.82, 2.24) is 9.78 Å². The highest BCUT2D eigenvalue weighted by Gasteiger charge is 2.24. The quantitative estimate of drug-likeness (QED) is 0.694. The van der Waals surface area contributed by atoms with E-state index in [-0.39, 0.29) is 23.8 Å². The van der Waals surface area contributed by atoms with Gasteiger partial charge in [-0.3, -0.25) is 0 Å². The Balaban J connectivity index is 2.58. The molecule has 0 radical (unpaired) electrons. The predicted octanol–water partition coefficient (Wildman–Crippen LogP) is 2.80. The highest BCUT2D eigenvalue weighted by Crippen LogP contribution is 2.29. The minimum absolute atomic E-state index is 0.188. The van der Waals surface area contributed by atoms with Crippen LogP contribution in [-0.2, 0) is 4.74 Å². The summed E-state index contributed by atoms with van der Waals surface area (Å²) in [6.45, 7) is 3.73. The lowest BCUT2D eigenvalue weighted by molar-refractivity contribution is 0.0523. The number of nitrogens with two attached hydrogens (primary N) is 1. The van der Waals surface area contributed by atoms with E-state index in [9.17, 15) is 9.18 Å². The molecule has 1 heterocycles. The van der Waals surface area contributed by atoms with E-state index in [1.807, 2.05) is 0 Å². The van der Waals surface area contributed by atoms with E-state index in [0.717, 1.165) is 0 Å². The fourth-order valence-electron chi connectivity index (χ4n) is 1.99. The van der Waals surface area contributed by atoms with Crippen LogP contribution in [0.25, 0.3) is 5.69 Å². The van der Waals surface area contributed by atoms with E-state index in [0.29, 0.717) is 16.3 Å². The molecule has 0 bridgehead atoms. The van der Waals surface area contributed by atoms with Crippen LogP contribution in [0.5, 0.6) is 0 Å². The normalized spacial score (nSPS) is 10.7. The second kappa shape index (κ2) is 6.17. The summed E-state index contributed by atoms with van der Waals surface area (Å²) in [5, 5.41) is 4.80. The number of ether oxygens (including phenoxy) is 1. The van der Waals surface area contributed by atoms with Gasteiger partial charge in [0.05, 0.1) is 12.3 Å². The van der Waals surface area contributed by atoms with Gasteiger partial charge in [-0.15, -0.1) is 11.8 Å². The summed E-state index contributed by atoms with van der Waals surface area (Å²) >= 11 is 1.30. The number of rotatable bonds is 4. The molecule has 0 saturated carbocycles. The number of nitrogen functional groups attached to an aromatic ring is 1. The van der Waals surface area contributed by atoms with E-state index in [4.69, 9.17) is 10.5 Å². The van der Waals surface area contributed by atoms with Crippen LogP contribution < -0.4 is 5.73 Å². The maximum Gasteiger partial charge on any atom is 0.344 e. The highest BCUT2D eigenvalue weighted by molar-refractivity contribution is 7.98. The summed E-state index contributed by atoms with van der Waals surface area (Å²) in [7, 11) is 0. The van der Waals surface area contributed by atoms with Gasteiger partial charge in [0, 0.05) is 0 Å². The van der Waals surface area contributed by atoms with Crippen molar-refractivity contribution in [3.8, 4) is 5.69 Å². The molecule has 5 nitrogen and oxygen atoms in total. The van der Waals surface area contributed by atoms with Crippen molar-refractivity contribution in [2.75, 3.05) is 18.6 Å². The molecule has 0 atom stereocenters. The maximum absolute atomic E-state index is 13.2. The zero-order valence-electron chi connectivity index (χ0n) is 12.0. The van der Waals surface area contributed by atoms with Crippen molar-refractivity contribution >= 4 is 23.5 Å². The van der Waals surface area contributed by atoms with Gasteiger partial charge in [0.25, 0.3) is 0 Å². The van der Waals surface area contributed by atoms with E-state index in [1.54, 1.807) is 26.2 Å².